The largest absolute Gasteiger partial charge is 0.477 e. The normalized spacial score (nSPS) is 17.0. The molecule has 0 aromatic carbocycles. The summed E-state index contributed by atoms with van der Waals surface area (Å²) in [5.41, 5.74) is 2.13. The molecule has 0 saturated carbocycles. The van der Waals surface area contributed by atoms with E-state index in [0.717, 1.165) is 31.6 Å². The fraction of sp³-hybridized carbons (Fsp3) is 0.400. The van der Waals surface area contributed by atoms with Crippen molar-refractivity contribution in [1.82, 2.24) is 20.1 Å². The van der Waals surface area contributed by atoms with E-state index < -0.39 is 5.97 Å². The van der Waals surface area contributed by atoms with Crippen LogP contribution in [0.4, 0.5) is 0 Å². The van der Waals surface area contributed by atoms with Gasteiger partial charge in [0, 0.05) is 24.4 Å². The molecule has 0 bridgehead atoms. The first-order valence-electron chi connectivity index (χ1n) is 7.13. The van der Waals surface area contributed by atoms with Crippen molar-refractivity contribution in [2.75, 3.05) is 13.1 Å². The van der Waals surface area contributed by atoms with Crippen LogP contribution in [-0.2, 0) is 6.54 Å². The maximum absolute atomic E-state index is 10.9. The molecule has 0 aliphatic carbocycles. The van der Waals surface area contributed by atoms with Crippen molar-refractivity contribution in [3.63, 3.8) is 0 Å². The summed E-state index contributed by atoms with van der Waals surface area (Å²) < 4.78 is 0. The monoisotopic (exact) mass is 286 g/mol. The average molecular weight is 286 g/mol. The number of nitrogens with zero attached hydrogens (tertiary/aromatic N) is 3. The number of aromatic nitrogens is 3. The van der Waals surface area contributed by atoms with Crippen LogP contribution in [0, 0.1) is 0 Å². The van der Waals surface area contributed by atoms with Gasteiger partial charge in [-0.25, -0.2) is 9.78 Å². The molecule has 0 spiro atoms. The Labute approximate surface area is 122 Å². The van der Waals surface area contributed by atoms with Crippen LogP contribution in [-0.4, -0.2) is 44.2 Å². The van der Waals surface area contributed by atoms with E-state index >= 15 is 0 Å². The first-order valence-corrected chi connectivity index (χ1v) is 7.13. The van der Waals surface area contributed by atoms with Crippen LogP contribution in [0.3, 0.4) is 0 Å². The zero-order chi connectivity index (χ0) is 14.7. The van der Waals surface area contributed by atoms with Gasteiger partial charge in [-0.05, 0) is 44.1 Å². The number of carbonyl (C=O) groups is 1. The fourth-order valence-electron chi connectivity index (χ4n) is 2.81. The van der Waals surface area contributed by atoms with Crippen molar-refractivity contribution in [1.29, 1.82) is 0 Å². The number of hydrogen-bond acceptors (Lipinski definition) is 4. The van der Waals surface area contributed by atoms with Crippen LogP contribution in [0.2, 0.25) is 0 Å². The number of nitrogens with one attached hydrogen (secondary N) is 1. The Hall–Kier alpha value is -2.21. The molecule has 110 valence electrons. The second kappa shape index (κ2) is 6.05. The summed E-state index contributed by atoms with van der Waals surface area (Å²) in [6.07, 6.45) is 3.96. The van der Waals surface area contributed by atoms with Crippen LogP contribution in [0.15, 0.2) is 30.5 Å². The van der Waals surface area contributed by atoms with Crippen molar-refractivity contribution in [3.8, 4) is 0 Å². The van der Waals surface area contributed by atoms with Crippen LogP contribution in [0.1, 0.15) is 40.6 Å². The van der Waals surface area contributed by atoms with Crippen molar-refractivity contribution in [3.05, 3.63) is 47.5 Å². The summed E-state index contributed by atoms with van der Waals surface area (Å²) >= 11 is 0. The van der Waals surface area contributed by atoms with Gasteiger partial charge in [-0.3, -0.25) is 10.00 Å². The molecule has 3 heterocycles. The Balaban J connectivity index is 1.58. The molecule has 0 atom stereocenters. The molecule has 1 fully saturated rings. The Kier molecular flexibility index (Phi) is 3.96. The predicted molar refractivity (Wildman–Crippen MR) is 77.0 cm³/mol. The lowest BCUT2D eigenvalue weighted by Gasteiger charge is -2.31. The molecule has 0 radical (unpaired) electrons. The van der Waals surface area contributed by atoms with E-state index in [1.807, 2.05) is 12.1 Å². The number of rotatable bonds is 4. The lowest BCUT2D eigenvalue weighted by Crippen LogP contribution is -2.33. The van der Waals surface area contributed by atoms with E-state index in [4.69, 9.17) is 5.11 Å². The lowest BCUT2D eigenvalue weighted by molar-refractivity contribution is 0.0690. The van der Waals surface area contributed by atoms with E-state index in [2.05, 4.69) is 20.1 Å². The second-order valence-corrected chi connectivity index (χ2v) is 5.38. The molecule has 3 rings (SSSR count). The van der Waals surface area contributed by atoms with E-state index in [0.29, 0.717) is 12.5 Å². The number of pyridine rings is 1. The molecule has 6 heteroatoms. The number of carboxylic acid groups (broad SMARTS) is 1. The average Bonchev–Trinajstić information content (AvgIpc) is 3.02. The van der Waals surface area contributed by atoms with Crippen molar-refractivity contribution in [2.24, 2.45) is 0 Å². The van der Waals surface area contributed by atoms with Crippen molar-refractivity contribution >= 4 is 5.97 Å². The molecule has 0 amide bonds. The lowest BCUT2D eigenvalue weighted by atomic mass is 9.93. The minimum Gasteiger partial charge on any atom is -0.477 e. The second-order valence-electron chi connectivity index (χ2n) is 5.38. The Morgan fingerprint density at radius 2 is 2.14 bits per heavy atom. The molecule has 1 aliphatic rings. The summed E-state index contributed by atoms with van der Waals surface area (Å²) in [4.78, 5) is 17.4. The summed E-state index contributed by atoms with van der Waals surface area (Å²) in [6.45, 7) is 2.68. The molecule has 2 aromatic heterocycles. The zero-order valence-corrected chi connectivity index (χ0v) is 11.7. The SMILES string of the molecule is O=C(O)c1cccc(CN2CCC(c3ccn[nH]3)CC2)n1. The summed E-state index contributed by atoms with van der Waals surface area (Å²) in [7, 11) is 0. The first kappa shape index (κ1) is 13.8. The molecule has 1 aliphatic heterocycles. The third-order valence-electron chi connectivity index (χ3n) is 3.96. The van der Waals surface area contributed by atoms with Gasteiger partial charge in [0.25, 0.3) is 0 Å². The number of H-pyrrole nitrogens is 1. The van der Waals surface area contributed by atoms with Crippen LogP contribution in [0.25, 0.3) is 0 Å². The minimum atomic E-state index is -0.977. The fourth-order valence-corrected chi connectivity index (χ4v) is 2.81. The molecule has 2 N–H and O–H groups in total. The number of hydrogen-bond donors (Lipinski definition) is 2. The molecular weight excluding hydrogens is 268 g/mol. The van der Waals surface area contributed by atoms with E-state index in [9.17, 15) is 4.79 Å². The van der Waals surface area contributed by atoms with Crippen LogP contribution in [0.5, 0.6) is 0 Å². The summed E-state index contributed by atoms with van der Waals surface area (Å²) in [5, 5.41) is 16.0. The Bertz CT molecular complexity index is 604. The Morgan fingerprint density at radius 1 is 1.33 bits per heavy atom. The molecule has 21 heavy (non-hydrogen) atoms. The highest BCUT2D eigenvalue weighted by Crippen LogP contribution is 2.26. The van der Waals surface area contributed by atoms with Gasteiger partial charge < -0.3 is 5.11 Å². The number of aromatic amines is 1. The predicted octanol–water partition coefficient (Wildman–Crippen LogP) is 1.88. The highest BCUT2D eigenvalue weighted by molar-refractivity contribution is 5.85. The number of aromatic carboxylic acids is 1. The van der Waals surface area contributed by atoms with Gasteiger partial charge in [0.15, 0.2) is 0 Å². The van der Waals surface area contributed by atoms with Gasteiger partial charge in [-0.15, -0.1) is 0 Å². The first-order chi connectivity index (χ1) is 10.2. The number of likely N-dealkylation sites (tertiary alicyclic amines) is 1. The van der Waals surface area contributed by atoms with Crippen molar-refractivity contribution < 1.29 is 9.90 Å². The number of carboxylic acids is 1. The summed E-state index contributed by atoms with van der Waals surface area (Å²) in [5.74, 6) is -0.433. The number of piperidine rings is 1. The summed E-state index contributed by atoms with van der Waals surface area (Å²) in [6, 6.07) is 7.20. The maximum Gasteiger partial charge on any atom is 0.354 e. The van der Waals surface area contributed by atoms with Crippen LogP contribution >= 0.6 is 0 Å². The van der Waals surface area contributed by atoms with Crippen molar-refractivity contribution in [2.45, 2.75) is 25.3 Å². The van der Waals surface area contributed by atoms with E-state index in [1.165, 1.54) is 11.8 Å². The van der Waals surface area contributed by atoms with Gasteiger partial charge in [0.05, 0.1) is 5.69 Å². The topological polar surface area (TPSA) is 82.1 Å². The molecule has 0 unspecified atom stereocenters. The third kappa shape index (κ3) is 3.28. The highest BCUT2D eigenvalue weighted by Gasteiger charge is 2.21. The molecule has 1 saturated heterocycles. The highest BCUT2D eigenvalue weighted by atomic mass is 16.4. The van der Waals surface area contributed by atoms with E-state index in [-0.39, 0.29) is 5.69 Å². The van der Waals surface area contributed by atoms with Gasteiger partial charge >= 0.3 is 5.97 Å². The van der Waals surface area contributed by atoms with Crippen LogP contribution < -0.4 is 0 Å². The molecule has 6 nitrogen and oxygen atoms in total. The van der Waals surface area contributed by atoms with E-state index in [1.54, 1.807) is 12.3 Å². The Morgan fingerprint density at radius 3 is 2.81 bits per heavy atom. The van der Waals surface area contributed by atoms with Gasteiger partial charge in [-0.2, -0.15) is 5.10 Å². The quantitative estimate of drug-likeness (QED) is 0.896. The standard InChI is InChI=1S/C15H18N4O2/c20-15(21)14-3-1-2-12(17-14)10-19-8-5-11(6-9-19)13-4-7-16-18-13/h1-4,7,11H,5-6,8-10H2,(H,16,18)(H,20,21). The maximum atomic E-state index is 10.9. The smallest absolute Gasteiger partial charge is 0.354 e. The zero-order valence-electron chi connectivity index (χ0n) is 11.7. The molecule has 2 aromatic rings. The minimum absolute atomic E-state index is 0.111. The van der Waals surface area contributed by atoms with Gasteiger partial charge in [0.1, 0.15) is 5.69 Å². The van der Waals surface area contributed by atoms with Gasteiger partial charge in [-0.1, -0.05) is 6.07 Å². The third-order valence-corrected chi connectivity index (χ3v) is 3.96. The molecular formula is C15H18N4O2. The van der Waals surface area contributed by atoms with Gasteiger partial charge in [0.2, 0.25) is 0 Å².